The minimum Gasteiger partial charge on any atom is -0.354 e. The van der Waals surface area contributed by atoms with Crippen LogP contribution in [0.5, 0.6) is 0 Å². The summed E-state index contributed by atoms with van der Waals surface area (Å²) in [6.07, 6.45) is 0. The number of rotatable bonds is 8. The van der Waals surface area contributed by atoms with E-state index in [1.807, 2.05) is 73.6 Å². The Balaban J connectivity index is 1.63. The first-order chi connectivity index (χ1) is 15.8. The Morgan fingerprint density at radius 1 is 0.879 bits per heavy atom. The van der Waals surface area contributed by atoms with Crippen LogP contribution in [0.4, 0.5) is 17.1 Å². The number of carbonyl (C=O) groups excluding carboxylic acids is 1. The summed E-state index contributed by atoms with van der Waals surface area (Å²) in [4.78, 5) is 14.7. The van der Waals surface area contributed by atoms with Crippen molar-refractivity contribution in [3.8, 4) is 0 Å². The number of nitrogens with zero attached hydrogens (tertiary/aromatic N) is 1. The lowest BCUT2D eigenvalue weighted by Gasteiger charge is -2.16. The summed E-state index contributed by atoms with van der Waals surface area (Å²) in [6.45, 7) is 0.437. The highest BCUT2D eigenvalue weighted by atomic mass is 32.2. The summed E-state index contributed by atoms with van der Waals surface area (Å²) >= 11 is 0. The molecular formula is C25H26N4O3S. The molecule has 1 heterocycles. The number of carbonyl (C=O) groups is 1. The van der Waals surface area contributed by atoms with E-state index in [9.17, 15) is 13.2 Å². The van der Waals surface area contributed by atoms with E-state index in [1.54, 1.807) is 24.3 Å². The third-order valence-corrected chi connectivity index (χ3v) is 6.49. The van der Waals surface area contributed by atoms with E-state index in [0.717, 1.165) is 22.5 Å². The lowest BCUT2D eigenvalue weighted by molar-refractivity contribution is -0.110. The number of hydrogen-bond acceptors (Lipinski definition) is 5. The van der Waals surface area contributed by atoms with Crippen LogP contribution >= 0.6 is 0 Å². The molecule has 170 valence electrons. The fourth-order valence-electron chi connectivity index (χ4n) is 3.55. The van der Waals surface area contributed by atoms with Crippen molar-refractivity contribution in [2.45, 2.75) is 0 Å². The summed E-state index contributed by atoms with van der Waals surface area (Å²) in [7, 11) is 0.226. The highest BCUT2D eigenvalue weighted by Gasteiger charge is 2.28. The fraction of sp³-hybridized carbons (Fsp3) is 0.160. The molecule has 0 saturated carbocycles. The zero-order valence-electron chi connectivity index (χ0n) is 18.5. The number of amides is 1. The lowest BCUT2D eigenvalue weighted by atomic mass is 10.00. The van der Waals surface area contributed by atoms with Crippen molar-refractivity contribution in [2.75, 3.05) is 41.7 Å². The number of sulfonamides is 1. The molecular weight excluding hydrogens is 436 g/mol. The van der Waals surface area contributed by atoms with Crippen molar-refractivity contribution < 1.29 is 13.2 Å². The molecule has 0 radical (unpaired) electrons. The molecule has 1 amide bonds. The molecule has 0 spiro atoms. The van der Waals surface area contributed by atoms with Gasteiger partial charge in [0, 0.05) is 29.2 Å². The quantitative estimate of drug-likeness (QED) is 0.442. The van der Waals surface area contributed by atoms with Crippen LogP contribution in [0.2, 0.25) is 0 Å². The van der Waals surface area contributed by atoms with Gasteiger partial charge in [-0.05, 0) is 50.0 Å². The second kappa shape index (κ2) is 9.48. The Kier molecular flexibility index (Phi) is 6.48. The molecule has 8 heteroatoms. The van der Waals surface area contributed by atoms with E-state index < -0.39 is 10.0 Å². The van der Waals surface area contributed by atoms with Crippen molar-refractivity contribution in [3.63, 3.8) is 0 Å². The Labute approximate surface area is 194 Å². The predicted molar refractivity (Wildman–Crippen MR) is 134 cm³/mol. The standard InChI is InChI=1S/C25H26N4O3S/c1-29(2)16-17-33(31,32)28-20-14-12-19(13-15-20)26-24(18-8-4-3-5-9-18)23-21-10-6-7-11-22(21)27-25(23)30/h3-15,26,28H,16-17H2,1-2H3,(H,27,30)/b24-23-. The largest absolute Gasteiger partial charge is 0.354 e. The molecule has 0 bridgehead atoms. The Morgan fingerprint density at radius 2 is 1.52 bits per heavy atom. The first-order valence-electron chi connectivity index (χ1n) is 10.6. The molecule has 1 aliphatic rings. The third kappa shape index (κ3) is 5.42. The van der Waals surface area contributed by atoms with Crippen LogP contribution in [0, 0.1) is 0 Å². The van der Waals surface area contributed by atoms with Crippen molar-refractivity contribution >= 4 is 44.3 Å². The van der Waals surface area contributed by atoms with Gasteiger partial charge in [0.2, 0.25) is 10.0 Å². The molecule has 0 atom stereocenters. The van der Waals surface area contributed by atoms with E-state index >= 15 is 0 Å². The van der Waals surface area contributed by atoms with Gasteiger partial charge in [-0.25, -0.2) is 8.42 Å². The molecule has 1 aliphatic heterocycles. The van der Waals surface area contributed by atoms with Crippen molar-refractivity contribution in [2.24, 2.45) is 0 Å². The van der Waals surface area contributed by atoms with E-state index in [0.29, 0.717) is 23.5 Å². The SMILES string of the molecule is CN(C)CCS(=O)(=O)Nc1ccc(N/C(=C2\C(=O)Nc3ccccc32)c2ccccc2)cc1. The van der Waals surface area contributed by atoms with Gasteiger partial charge in [0.1, 0.15) is 0 Å². The number of benzene rings is 3. The van der Waals surface area contributed by atoms with Gasteiger partial charge in [0.15, 0.2) is 0 Å². The number of para-hydroxylation sites is 1. The van der Waals surface area contributed by atoms with Gasteiger partial charge in [-0.15, -0.1) is 0 Å². The number of hydrogen-bond donors (Lipinski definition) is 3. The van der Waals surface area contributed by atoms with Gasteiger partial charge in [-0.1, -0.05) is 48.5 Å². The Morgan fingerprint density at radius 3 is 2.21 bits per heavy atom. The molecule has 3 aromatic carbocycles. The van der Waals surface area contributed by atoms with Crippen LogP contribution in [0.1, 0.15) is 11.1 Å². The predicted octanol–water partition coefficient (Wildman–Crippen LogP) is 3.92. The van der Waals surface area contributed by atoms with Crippen LogP contribution < -0.4 is 15.4 Å². The van der Waals surface area contributed by atoms with Crippen LogP contribution in [0.3, 0.4) is 0 Å². The smallest absolute Gasteiger partial charge is 0.258 e. The normalized spacial score (nSPS) is 14.6. The molecule has 0 aromatic heterocycles. The van der Waals surface area contributed by atoms with Crippen molar-refractivity contribution in [3.05, 3.63) is 90.0 Å². The first-order valence-corrected chi connectivity index (χ1v) is 12.2. The topological polar surface area (TPSA) is 90.5 Å². The van der Waals surface area contributed by atoms with E-state index in [2.05, 4.69) is 15.4 Å². The molecule has 0 saturated heterocycles. The molecule has 0 fully saturated rings. The van der Waals surface area contributed by atoms with E-state index in [-0.39, 0.29) is 11.7 Å². The summed E-state index contributed by atoms with van der Waals surface area (Å²) in [6, 6.07) is 24.2. The summed E-state index contributed by atoms with van der Waals surface area (Å²) in [5, 5.41) is 6.29. The average molecular weight is 463 g/mol. The molecule has 33 heavy (non-hydrogen) atoms. The Hall–Kier alpha value is -3.62. The molecule has 3 aromatic rings. The minimum absolute atomic E-state index is 0.0127. The molecule has 7 nitrogen and oxygen atoms in total. The van der Waals surface area contributed by atoms with Gasteiger partial charge in [0.05, 0.1) is 17.0 Å². The highest BCUT2D eigenvalue weighted by molar-refractivity contribution is 7.92. The van der Waals surface area contributed by atoms with E-state index in [1.165, 1.54) is 0 Å². The maximum absolute atomic E-state index is 12.9. The second-order valence-corrected chi connectivity index (χ2v) is 9.88. The van der Waals surface area contributed by atoms with Gasteiger partial charge in [-0.2, -0.15) is 0 Å². The van der Waals surface area contributed by atoms with Gasteiger partial charge in [-0.3, -0.25) is 9.52 Å². The lowest BCUT2D eigenvalue weighted by Crippen LogP contribution is -2.26. The number of nitrogens with one attached hydrogen (secondary N) is 3. The van der Waals surface area contributed by atoms with Gasteiger partial charge in [0.25, 0.3) is 5.91 Å². The maximum atomic E-state index is 12.9. The van der Waals surface area contributed by atoms with Gasteiger partial charge >= 0.3 is 0 Å². The fourth-order valence-corrected chi connectivity index (χ4v) is 4.75. The summed E-state index contributed by atoms with van der Waals surface area (Å²) < 4.78 is 27.2. The highest BCUT2D eigenvalue weighted by Crippen LogP contribution is 2.37. The zero-order chi connectivity index (χ0) is 23.4. The number of fused-ring (bicyclic) bond motifs is 1. The first kappa shape index (κ1) is 22.6. The van der Waals surface area contributed by atoms with Crippen LogP contribution in [-0.2, 0) is 14.8 Å². The van der Waals surface area contributed by atoms with Crippen molar-refractivity contribution in [1.82, 2.24) is 4.90 Å². The van der Waals surface area contributed by atoms with E-state index in [4.69, 9.17) is 0 Å². The minimum atomic E-state index is -3.44. The average Bonchev–Trinajstić information content (AvgIpc) is 3.13. The summed E-state index contributed by atoms with van der Waals surface area (Å²) in [5.41, 5.74) is 4.93. The maximum Gasteiger partial charge on any atom is 0.258 e. The summed E-state index contributed by atoms with van der Waals surface area (Å²) in [5.74, 6) is -0.161. The van der Waals surface area contributed by atoms with Gasteiger partial charge < -0.3 is 15.5 Å². The molecule has 0 unspecified atom stereocenters. The van der Waals surface area contributed by atoms with Crippen LogP contribution in [0.15, 0.2) is 78.9 Å². The monoisotopic (exact) mass is 462 g/mol. The van der Waals surface area contributed by atoms with Crippen LogP contribution in [-0.4, -0.2) is 45.6 Å². The third-order valence-electron chi connectivity index (χ3n) is 5.22. The zero-order valence-corrected chi connectivity index (χ0v) is 19.3. The molecule has 3 N–H and O–H groups in total. The van der Waals surface area contributed by atoms with Crippen molar-refractivity contribution in [1.29, 1.82) is 0 Å². The number of anilines is 3. The molecule has 0 aliphatic carbocycles. The van der Waals surface area contributed by atoms with Crippen LogP contribution in [0.25, 0.3) is 11.3 Å². The Bertz CT molecular complexity index is 1280. The second-order valence-electron chi connectivity index (χ2n) is 8.04. The molecule has 4 rings (SSSR count).